The maximum absolute atomic E-state index is 11.7. The molecule has 1 aromatic carbocycles. The molecule has 2 atom stereocenters. The van der Waals surface area contributed by atoms with Crippen LogP contribution >= 0.6 is 0 Å². The van der Waals surface area contributed by atoms with Gasteiger partial charge in [-0.3, -0.25) is 10.1 Å². The summed E-state index contributed by atoms with van der Waals surface area (Å²) < 4.78 is 10.6. The van der Waals surface area contributed by atoms with E-state index in [2.05, 4.69) is 10.6 Å². The summed E-state index contributed by atoms with van der Waals surface area (Å²) in [5, 5.41) is 6.06. The highest BCUT2D eigenvalue weighted by molar-refractivity contribution is 5.81. The van der Waals surface area contributed by atoms with E-state index in [0.717, 1.165) is 17.1 Å². The molecule has 1 aliphatic rings. The van der Waals surface area contributed by atoms with Crippen molar-refractivity contribution in [2.75, 3.05) is 13.3 Å². The molecular weight excluding hydrogens is 244 g/mol. The van der Waals surface area contributed by atoms with Gasteiger partial charge in [-0.1, -0.05) is 6.07 Å². The van der Waals surface area contributed by atoms with Crippen molar-refractivity contribution in [1.29, 1.82) is 0 Å². The van der Waals surface area contributed by atoms with Crippen molar-refractivity contribution in [3.05, 3.63) is 23.8 Å². The van der Waals surface area contributed by atoms with Gasteiger partial charge in [0.2, 0.25) is 12.7 Å². The first-order valence-electron chi connectivity index (χ1n) is 6.55. The second-order valence-electron chi connectivity index (χ2n) is 4.62. The average Bonchev–Trinajstić information content (AvgIpc) is 2.85. The van der Waals surface area contributed by atoms with E-state index in [1.54, 1.807) is 0 Å². The van der Waals surface area contributed by atoms with Gasteiger partial charge in [0.25, 0.3) is 0 Å². The Morgan fingerprint density at radius 3 is 2.79 bits per heavy atom. The number of ether oxygens (including phenoxy) is 2. The molecule has 1 aromatic rings. The largest absolute Gasteiger partial charge is 0.454 e. The maximum atomic E-state index is 11.7. The Balaban J connectivity index is 2.00. The molecule has 2 N–H and O–H groups in total. The lowest BCUT2D eigenvalue weighted by molar-refractivity contribution is -0.122. The zero-order valence-electron chi connectivity index (χ0n) is 11.5. The van der Waals surface area contributed by atoms with E-state index in [0.29, 0.717) is 6.54 Å². The number of fused-ring (bicyclic) bond motifs is 1. The highest BCUT2D eigenvalue weighted by Gasteiger charge is 2.18. The third-order valence-electron chi connectivity index (χ3n) is 3.14. The van der Waals surface area contributed by atoms with Gasteiger partial charge in [0, 0.05) is 12.6 Å². The Hall–Kier alpha value is -1.75. The Morgan fingerprint density at radius 2 is 2.05 bits per heavy atom. The van der Waals surface area contributed by atoms with E-state index in [4.69, 9.17) is 9.47 Å². The van der Waals surface area contributed by atoms with Crippen LogP contribution in [0.5, 0.6) is 11.5 Å². The number of hydrogen-bond donors (Lipinski definition) is 2. The summed E-state index contributed by atoms with van der Waals surface area (Å²) >= 11 is 0. The van der Waals surface area contributed by atoms with Gasteiger partial charge in [0.15, 0.2) is 11.5 Å². The predicted octanol–water partition coefficient (Wildman–Crippen LogP) is 1.59. The van der Waals surface area contributed by atoms with Crippen molar-refractivity contribution in [2.24, 2.45) is 0 Å². The van der Waals surface area contributed by atoms with Crippen molar-refractivity contribution in [3.63, 3.8) is 0 Å². The number of carbonyl (C=O) groups excluding carboxylic acids is 1. The topological polar surface area (TPSA) is 59.6 Å². The first-order valence-corrected chi connectivity index (χ1v) is 6.55. The fraction of sp³-hybridized carbons (Fsp3) is 0.500. The summed E-state index contributed by atoms with van der Waals surface area (Å²) in [5.41, 5.74) is 1.07. The molecule has 0 spiro atoms. The van der Waals surface area contributed by atoms with Crippen molar-refractivity contribution in [2.45, 2.75) is 32.9 Å². The molecule has 0 aromatic heterocycles. The van der Waals surface area contributed by atoms with E-state index < -0.39 is 0 Å². The van der Waals surface area contributed by atoms with E-state index >= 15 is 0 Å². The van der Waals surface area contributed by atoms with Gasteiger partial charge < -0.3 is 14.8 Å². The number of carbonyl (C=O) groups is 1. The minimum atomic E-state index is -0.236. The third kappa shape index (κ3) is 3.17. The van der Waals surface area contributed by atoms with E-state index in [1.807, 2.05) is 39.0 Å². The van der Waals surface area contributed by atoms with Gasteiger partial charge in [-0.15, -0.1) is 0 Å². The highest BCUT2D eigenvalue weighted by Crippen LogP contribution is 2.34. The second-order valence-corrected chi connectivity index (χ2v) is 4.62. The van der Waals surface area contributed by atoms with E-state index in [1.165, 1.54) is 0 Å². The minimum absolute atomic E-state index is 0.00935. The van der Waals surface area contributed by atoms with Crippen LogP contribution in [0.3, 0.4) is 0 Å². The molecule has 0 radical (unpaired) electrons. The van der Waals surface area contributed by atoms with Crippen molar-refractivity contribution in [3.8, 4) is 11.5 Å². The number of benzene rings is 1. The normalized spacial score (nSPS) is 15.9. The van der Waals surface area contributed by atoms with Crippen molar-refractivity contribution in [1.82, 2.24) is 10.6 Å². The third-order valence-corrected chi connectivity index (χ3v) is 3.14. The Kier molecular flexibility index (Phi) is 4.27. The van der Waals surface area contributed by atoms with Gasteiger partial charge in [0.1, 0.15) is 0 Å². The van der Waals surface area contributed by atoms with Crippen LogP contribution in [0, 0.1) is 0 Å². The monoisotopic (exact) mass is 264 g/mol. The summed E-state index contributed by atoms with van der Waals surface area (Å²) in [7, 11) is 0. The summed E-state index contributed by atoms with van der Waals surface area (Å²) in [6.07, 6.45) is 0. The van der Waals surface area contributed by atoms with Crippen LogP contribution in [0.25, 0.3) is 0 Å². The average molecular weight is 264 g/mol. The van der Waals surface area contributed by atoms with E-state index in [9.17, 15) is 4.79 Å². The number of amides is 1. The summed E-state index contributed by atoms with van der Waals surface area (Å²) in [6.45, 7) is 6.70. The standard InChI is InChI=1S/C14H20N2O3/c1-4-15-14(17)10(3)16-9(2)11-5-6-12-13(7-11)19-8-18-12/h5-7,9-10,16H,4,8H2,1-3H3,(H,15,17). The van der Waals surface area contributed by atoms with Gasteiger partial charge >= 0.3 is 0 Å². The molecule has 2 unspecified atom stereocenters. The molecule has 2 rings (SSSR count). The minimum Gasteiger partial charge on any atom is -0.454 e. The molecule has 0 bridgehead atoms. The molecule has 19 heavy (non-hydrogen) atoms. The molecule has 0 saturated heterocycles. The predicted molar refractivity (Wildman–Crippen MR) is 72.3 cm³/mol. The Bertz CT molecular complexity index is 462. The molecule has 0 aliphatic carbocycles. The Labute approximate surface area is 113 Å². The first-order chi connectivity index (χ1) is 9.11. The van der Waals surface area contributed by atoms with Crippen LogP contribution in [-0.4, -0.2) is 25.3 Å². The molecule has 0 fully saturated rings. The summed E-state index contributed by atoms with van der Waals surface area (Å²) in [4.78, 5) is 11.7. The molecule has 1 heterocycles. The lowest BCUT2D eigenvalue weighted by Crippen LogP contribution is -2.43. The lowest BCUT2D eigenvalue weighted by atomic mass is 10.1. The van der Waals surface area contributed by atoms with Crippen molar-refractivity contribution >= 4 is 5.91 Å². The highest BCUT2D eigenvalue weighted by atomic mass is 16.7. The maximum Gasteiger partial charge on any atom is 0.236 e. The smallest absolute Gasteiger partial charge is 0.236 e. The van der Waals surface area contributed by atoms with Crippen LogP contribution in [0.15, 0.2) is 18.2 Å². The second kappa shape index (κ2) is 5.93. The molecule has 1 amide bonds. The van der Waals surface area contributed by atoms with Gasteiger partial charge in [-0.2, -0.15) is 0 Å². The van der Waals surface area contributed by atoms with Gasteiger partial charge in [0.05, 0.1) is 6.04 Å². The molecular formula is C14H20N2O3. The summed E-state index contributed by atoms with van der Waals surface area (Å²) in [6, 6.07) is 5.65. The number of nitrogens with one attached hydrogen (secondary N) is 2. The summed E-state index contributed by atoms with van der Waals surface area (Å²) in [5.74, 6) is 1.54. The zero-order valence-corrected chi connectivity index (χ0v) is 11.5. The fourth-order valence-corrected chi connectivity index (χ4v) is 2.06. The zero-order chi connectivity index (χ0) is 13.8. The molecule has 5 nitrogen and oxygen atoms in total. The van der Waals surface area contributed by atoms with Gasteiger partial charge in [-0.05, 0) is 38.5 Å². The van der Waals surface area contributed by atoms with Gasteiger partial charge in [-0.25, -0.2) is 0 Å². The van der Waals surface area contributed by atoms with Crippen LogP contribution in [-0.2, 0) is 4.79 Å². The number of rotatable bonds is 5. The van der Waals surface area contributed by atoms with E-state index in [-0.39, 0.29) is 24.8 Å². The fourth-order valence-electron chi connectivity index (χ4n) is 2.06. The molecule has 104 valence electrons. The first kappa shape index (κ1) is 13.7. The van der Waals surface area contributed by atoms with Crippen LogP contribution in [0.4, 0.5) is 0 Å². The van der Waals surface area contributed by atoms with Crippen LogP contribution < -0.4 is 20.1 Å². The molecule has 0 saturated carbocycles. The molecule has 1 aliphatic heterocycles. The number of likely N-dealkylation sites (N-methyl/N-ethyl adjacent to an activating group) is 1. The van der Waals surface area contributed by atoms with Crippen molar-refractivity contribution < 1.29 is 14.3 Å². The SMILES string of the molecule is CCNC(=O)C(C)NC(C)c1ccc2c(c1)OCO2. The lowest BCUT2D eigenvalue weighted by Gasteiger charge is -2.20. The number of hydrogen-bond acceptors (Lipinski definition) is 4. The quantitative estimate of drug-likeness (QED) is 0.848. The Morgan fingerprint density at radius 1 is 1.32 bits per heavy atom. The molecule has 5 heteroatoms. The van der Waals surface area contributed by atoms with Crippen LogP contribution in [0.1, 0.15) is 32.4 Å². The van der Waals surface area contributed by atoms with Crippen LogP contribution in [0.2, 0.25) is 0 Å².